The van der Waals surface area contributed by atoms with Gasteiger partial charge in [0.15, 0.2) is 5.76 Å². The number of furan rings is 1. The van der Waals surface area contributed by atoms with Crippen LogP contribution in [0, 0.1) is 0 Å². The van der Waals surface area contributed by atoms with Crippen molar-refractivity contribution in [2.24, 2.45) is 0 Å². The minimum Gasteiger partial charge on any atom is -0.455 e. The smallest absolute Gasteiger partial charge is 0.289 e. The summed E-state index contributed by atoms with van der Waals surface area (Å²) in [4.78, 5) is 17.4. The standard InChI is InChI=1S/C18H22N2O3S/c1-2-19-10-12-20(13-11-19)18(21)17-9-8-15(23-17)14-24(22)16-6-4-3-5-7-16/h3-9H,2,10-14H2,1H3. The Morgan fingerprint density at radius 3 is 2.46 bits per heavy atom. The lowest BCUT2D eigenvalue weighted by molar-refractivity contribution is 0.0611. The SMILES string of the molecule is CCN1CCN(C(=O)c2ccc(CS(=O)c3ccccc3)o2)CC1. The molecule has 1 unspecified atom stereocenters. The molecule has 1 saturated heterocycles. The topological polar surface area (TPSA) is 53.8 Å². The van der Waals surface area contributed by atoms with Crippen LogP contribution in [0.4, 0.5) is 0 Å². The van der Waals surface area contributed by atoms with Crippen molar-refractivity contribution < 1.29 is 13.4 Å². The molecule has 5 nitrogen and oxygen atoms in total. The van der Waals surface area contributed by atoms with Crippen LogP contribution in [0.15, 0.2) is 51.8 Å². The average molecular weight is 346 g/mol. The highest BCUT2D eigenvalue weighted by atomic mass is 32.2. The van der Waals surface area contributed by atoms with Crippen molar-refractivity contribution in [2.75, 3.05) is 32.7 Å². The number of piperazine rings is 1. The highest BCUT2D eigenvalue weighted by Crippen LogP contribution is 2.17. The Labute approximate surface area is 144 Å². The van der Waals surface area contributed by atoms with Gasteiger partial charge in [-0.3, -0.25) is 9.00 Å². The Hall–Kier alpha value is -1.92. The molecule has 2 aromatic rings. The fraction of sp³-hybridized carbons (Fsp3) is 0.389. The Balaban J connectivity index is 1.61. The lowest BCUT2D eigenvalue weighted by atomic mass is 10.3. The molecular formula is C18H22N2O3S. The average Bonchev–Trinajstić information content (AvgIpc) is 3.10. The first-order chi connectivity index (χ1) is 11.7. The van der Waals surface area contributed by atoms with Crippen LogP contribution in [0.5, 0.6) is 0 Å². The molecule has 0 radical (unpaired) electrons. The minimum atomic E-state index is -1.17. The zero-order valence-corrected chi connectivity index (χ0v) is 14.6. The van der Waals surface area contributed by atoms with Crippen LogP contribution >= 0.6 is 0 Å². The Morgan fingerprint density at radius 2 is 1.79 bits per heavy atom. The molecule has 0 saturated carbocycles. The fourth-order valence-electron chi connectivity index (χ4n) is 2.78. The van der Waals surface area contributed by atoms with Crippen LogP contribution in [0.25, 0.3) is 0 Å². The molecule has 2 heterocycles. The van der Waals surface area contributed by atoms with Gasteiger partial charge in [-0.05, 0) is 30.8 Å². The summed E-state index contributed by atoms with van der Waals surface area (Å²) in [5, 5.41) is 0. The van der Waals surface area contributed by atoms with Crippen molar-refractivity contribution in [3.05, 3.63) is 54.0 Å². The predicted molar refractivity (Wildman–Crippen MR) is 93.3 cm³/mol. The van der Waals surface area contributed by atoms with Crippen LogP contribution in [0.2, 0.25) is 0 Å². The van der Waals surface area contributed by atoms with E-state index < -0.39 is 10.8 Å². The van der Waals surface area contributed by atoms with Crippen molar-refractivity contribution in [1.29, 1.82) is 0 Å². The molecule has 1 fully saturated rings. The Morgan fingerprint density at radius 1 is 1.08 bits per heavy atom. The number of nitrogens with zero attached hydrogens (tertiary/aromatic N) is 2. The van der Waals surface area contributed by atoms with Gasteiger partial charge in [-0.1, -0.05) is 25.1 Å². The van der Waals surface area contributed by atoms with E-state index in [0.29, 0.717) is 11.5 Å². The van der Waals surface area contributed by atoms with Gasteiger partial charge in [0.05, 0.1) is 16.6 Å². The summed E-state index contributed by atoms with van der Waals surface area (Å²) in [6.45, 7) is 6.38. The van der Waals surface area contributed by atoms with E-state index in [1.54, 1.807) is 12.1 Å². The van der Waals surface area contributed by atoms with E-state index >= 15 is 0 Å². The summed E-state index contributed by atoms with van der Waals surface area (Å²) >= 11 is 0. The quantitative estimate of drug-likeness (QED) is 0.834. The third kappa shape index (κ3) is 3.94. The molecule has 3 rings (SSSR count). The second-order valence-corrected chi connectivity index (χ2v) is 7.25. The Kier molecular flexibility index (Phi) is 5.48. The van der Waals surface area contributed by atoms with Crippen LogP contribution < -0.4 is 0 Å². The first-order valence-corrected chi connectivity index (χ1v) is 9.53. The van der Waals surface area contributed by atoms with Gasteiger partial charge in [0.2, 0.25) is 0 Å². The second-order valence-electron chi connectivity index (χ2n) is 5.80. The van der Waals surface area contributed by atoms with Gasteiger partial charge in [0, 0.05) is 31.1 Å². The molecule has 1 aliphatic rings. The number of hydrogen-bond donors (Lipinski definition) is 0. The van der Waals surface area contributed by atoms with E-state index in [1.807, 2.05) is 35.2 Å². The van der Waals surface area contributed by atoms with Crippen molar-refractivity contribution in [3.63, 3.8) is 0 Å². The maximum Gasteiger partial charge on any atom is 0.289 e. The van der Waals surface area contributed by atoms with Gasteiger partial charge in [-0.25, -0.2) is 0 Å². The highest BCUT2D eigenvalue weighted by molar-refractivity contribution is 7.84. The van der Waals surface area contributed by atoms with E-state index in [0.717, 1.165) is 37.6 Å². The first-order valence-electron chi connectivity index (χ1n) is 8.21. The summed E-state index contributed by atoms with van der Waals surface area (Å²) in [5.41, 5.74) is 0. The van der Waals surface area contributed by atoms with E-state index in [4.69, 9.17) is 4.42 Å². The third-order valence-corrected chi connectivity index (χ3v) is 5.60. The number of carbonyl (C=O) groups is 1. The van der Waals surface area contributed by atoms with Gasteiger partial charge < -0.3 is 14.2 Å². The molecular weight excluding hydrogens is 324 g/mol. The summed E-state index contributed by atoms with van der Waals surface area (Å²) < 4.78 is 18.0. The van der Waals surface area contributed by atoms with Crippen LogP contribution in [0.1, 0.15) is 23.2 Å². The van der Waals surface area contributed by atoms with Crippen LogP contribution in [0.3, 0.4) is 0 Å². The maximum atomic E-state index is 12.5. The summed E-state index contributed by atoms with van der Waals surface area (Å²) in [6, 6.07) is 12.7. The molecule has 0 spiro atoms. The van der Waals surface area contributed by atoms with Gasteiger partial charge in [-0.15, -0.1) is 0 Å². The fourth-order valence-corrected chi connectivity index (χ4v) is 3.82. The predicted octanol–water partition coefficient (Wildman–Crippen LogP) is 2.37. The van der Waals surface area contributed by atoms with Crippen LogP contribution in [-0.4, -0.2) is 52.6 Å². The summed E-state index contributed by atoms with van der Waals surface area (Å²) in [6.07, 6.45) is 0. The molecule has 1 aliphatic heterocycles. The van der Waals surface area contributed by atoms with Gasteiger partial charge in [-0.2, -0.15) is 0 Å². The molecule has 24 heavy (non-hydrogen) atoms. The number of hydrogen-bond acceptors (Lipinski definition) is 4. The van der Waals surface area contributed by atoms with Gasteiger partial charge in [0.1, 0.15) is 5.76 Å². The molecule has 1 amide bonds. The van der Waals surface area contributed by atoms with Crippen molar-refractivity contribution in [2.45, 2.75) is 17.6 Å². The Bertz CT molecular complexity index is 706. The second kappa shape index (κ2) is 7.77. The summed E-state index contributed by atoms with van der Waals surface area (Å²) in [5.74, 6) is 1.11. The molecule has 1 aromatic carbocycles. The lowest BCUT2D eigenvalue weighted by Gasteiger charge is -2.33. The van der Waals surface area contributed by atoms with E-state index in [9.17, 15) is 9.00 Å². The number of benzene rings is 1. The molecule has 6 heteroatoms. The monoisotopic (exact) mass is 346 g/mol. The van der Waals surface area contributed by atoms with Crippen LogP contribution in [-0.2, 0) is 16.6 Å². The largest absolute Gasteiger partial charge is 0.455 e. The third-order valence-electron chi connectivity index (χ3n) is 4.26. The molecule has 0 bridgehead atoms. The maximum absolute atomic E-state index is 12.5. The van der Waals surface area contributed by atoms with Crippen molar-refractivity contribution in [3.8, 4) is 0 Å². The highest BCUT2D eigenvalue weighted by Gasteiger charge is 2.23. The minimum absolute atomic E-state index is 0.0810. The number of carbonyl (C=O) groups excluding carboxylic acids is 1. The zero-order valence-electron chi connectivity index (χ0n) is 13.8. The van der Waals surface area contributed by atoms with Crippen molar-refractivity contribution >= 4 is 16.7 Å². The van der Waals surface area contributed by atoms with Gasteiger partial charge >= 0.3 is 0 Å². The number of likely N-dealkylation sites (N-methyl/N-ethyl adjacent to an activating group) is 1. The first kappa shape index (κ1) is 16.9. The molecule has 1 atom stereocenters. The van der Waals surface area contributed by atoms with Gasteiger partial charge in [0.25, 0.3) is 5.91 Å². The zero-order chi connectivity index (χ0) is 16.9. The molecule has 0 N–H and O–H groups in total. The molecule has 128 valence electrons. The lowest BCUT2D eigenvalue weighted by Crippen LogP contribution is -2.48. The van der Waals surface area contributed by atoms with Crippen molar-refractivity contribution in [1.82, 2.24) is 9.80 Å². The van der Waals surface area contributed by atoms with E-state index in [1.165, 1.54) is 0 Å². The number of rotatable bonds is 5. The summed E-state index contributed by atoms with van der Waals surface area (Å²) in [7, 11) is -1.17. The molecule has 0 aliphatic carbocycles. The van der Waals surface area contributed by atoms with E-state index in [2.05, 4.69) is 11.8 Å². The normalized spacial score (nSPS) is 17.0. The number of amides is 1. The molecule has 1 aromatic heterocycles. The van der Waals surface area contributed by atoms with E-state index in [-0.39, 0.29) is 11.7 Å².